The molecule has 0 bridgehead atoms. The summed E-state index contributed by atoms with van der Waals surface area (Å²) in [5.74, 6) is -3.57. The monoisotopic (exact) mass is 404 g/mol. The molecule has 1 saturated carbocycles. The van der Waals surface area contributed by atoms with Gasteiger partial charge in [-0.2, -0.15) is 0 Å². The maximum atomic E-state index is 13.6. The van der Waals surface area contributed by atoms with Crippen LogP contribution in [0.3, 0.4) is 0 Å². The molecule has 0 saturated heterocycles. The zero-order valence-electron chi connectivity index (χ0n) is 15.6. The van der Waals surface area contributed by atoms with Gasteiger partial charge in [-0.1, -0.05) is 0 Å². The number of aliphatic hydroxyl groups is 1. The van der Waals surface area contributed by atoms with Gasteiger partial charge < -0.3 is 14.4 Å². The van der Waals surface area contributed by atoms with E-state index in [9.17, 15) is 28.3 Å². The van der Waals surface area contributed by atoms with Crippen molar-refractivity contribution < 1.29 is 28.2 Å². The first-order valence-corrected chi connectivity index (χ1v) is 8.88. The molecule has 2 aromatic rings. The average molecular weight is 404 g/mol. The minimum Gasteiger partial charge on any atom is -0.505 e. The highest BCUT2D eigenvalue weighted by Crippen LogP contribution is 2.24. The number of carbonyl (C=O) groups excluding carboxylic acids is 2. The number of allylic oxidation sites excluding steroid dienone is 1. The van der Waals surface area contributed by atoms with Gasteiger partial charge in [0.25, 0.3) is 5.56 Å². The van der Waals surface area contributed by atoms with Gasteiger partial charge in [0.05, 0.1) is 18.5 Å². The number of rotatable bonds is 5. The van der Waals surface area contributed by atoms with Crippen LogP contribution >= 0.6 is 0 Å². The van der Waals surface area contributed by atoms with E-state index in [1.54, 1.807) is 0 Å². The SMILES string of the molecule is COCCn1c(-c2cc(F)cc(F)c2)cnc(C(O)=C2C(=O)CCCC2=O)c1=O. The highest BCUT2D eigenvalue weighted by Gasteiger charge is 2.29. The van der Waals surface area contributed by atoms with E-state index in [0.29, 0.717) is 12.5 Å². The number of aromatic nitrogens is 2. The summed E-state index contributed by atoms with van der Waals surface area (Å²) in [7, 11) is 1.41. The van der Waals surface area contributed by atoms with E-state index in [1.807, 2.05) is 0 Å². The summed E-state index contributed by atoms with van der Waals surface area (Å²) in [4.78, 5) is 41.0. The normalized spacial score (nSPS) is 14.4. The van der Waals surface area contributed by atoms with Crippen molar-refractivity contribution in [3.05, 3.63) is 57.7 Å². The fourth-order valence-electron chi connectivity index (χ4n) is 3.18. The van der Waals surface area contributed by atoms with Gasteiger partial charge in [0.1, 0.15) is 17.2 Å². The van der Waals surface area contributed by atoms with Crippen molar-refractivity contribution in [2.45, 2.75) is 25.8 Å². The van der Waals surface area contributed by atoms with E-state index in [-0.39, 0.29) is 37.3 Å². The maximum Gasteiger partial charge on any atom is 0.280 e. The Labute approximate surface area is 164 Å². The quantitative estimate of drug-likeness (QED) is 0.467. The number of ketones is 2. The molecule has 1 aliphatic rings. The molecule has 0 unspecified atom stereocenters. The molecule has 7 nitrogen and oxygen atoms in total. The van der Waals surface area contributed by atoms with Gasteiger partial charge in [-0.05, 0) is 18.6 Å². The van der Waals surface area contributed by atoms with E-state index in [4.69, 9.17) is 4.74 Å². The van der Waals surface area contributed by atoms with Gasteiger partial charge in [-0.25, -0.2) is 13.8 Å². The van der Waals surface area contributed by atoms with Crippen LogP contribution in [0.1, 0.15) is 25.0 Å². The van der Waals surface area contributed by atoms with Crippen LogP contribution in [0.25, 0.3) is 17.0 Å². The molecule has 9 heteroatoms. The Kier molecular flexibility index (Phi) is 5.97. The highest BCUT2D eigenvalue weighted by molar-refractivity contribution is 6.25. The smallest absolute Gasteiger partial charge is 0.280 e. The predicted octanol–water partition coefficient (Wildman–Crippen LogP) is 2.43. The van der Waals surface area contributed by atoms with E-state index in [0.717, 1.165) is 22.9 Å². The van der Waals surface area contributed by atoms with Gasteiger partial charge in [0, 0.05) is 38.1 Å². The number of methoxy groups -OCH3 is 1. The van der Waals surface area contributed by atoms with Crippen molar-refractivity contribution in [2.24, 2.45) is 0 Å². The zero-order chi connectivity index (χ0) is 21.1. The number of halogens is 2. The molecule has 0 atom stereocenters. The molecule has 1 N–H and O–H groups in total. The number of carbonyl (C=O) groups is 2. The number of benzene rings is 1. The third kappa shape index (κ3) is 4.14. The molecule has 29 heavy (non-hydrogen) atoms. The van der Waals surface area contributed by atoms with E-state index < -0.39 is 45.8 Å². The second-order valence-corrected chi connectivity index (χ2v) is 6.52. The van der Waals surface area contributed by atoms with Crippen LogP contribution in [0.4, 0.5) is 8.78 Å². The first-order valence-electron chi connectivity index (χ1n) is 8.88. The summed E-state index contributed by atoms with van der Waals surface area (Å²) in [5, 5.41) is 10.5. The van der Waals surface area contributed by atoms with Crippen molar-refractivity contribution >= 4 is 17.3 Å². The van der Waals surface area contributed by atoms with Crippen LogP contribution < -0.4 is 5.56 Å². The number of nitrogens with zero attached hydrogens (tertiary/aromatic N) is 2. The lowest BCUT2D eigenvalue weighted by Crippen LogP contribution is -2.30. The molecule has 0 amide bonds. The molecule has 1 heterocycles. The first kappa shape index (κ1) is 20.5. The number of hydrogen-bond donors (Lipinski definition) is 1. The molecule has 1 aromatic heterocycles. The third-order valence-corrected chi connectivity index (χ3v) is 4.56. The van der Waals surface area contributed by atoms with E-state index >= 15 is 0 Å². The molecule has 0 radical (unpaired) electrons. The maximum absolute atomic E-state index is 13.6. The standard InChI is InChI=1S/C20H18F2N2O5/c1-29-6-5-24-14(11-7-12(21)9-13(22)8-11)10-23-18(20(24)28)19(27)17-15(25)3-2-4-16(17)26/h7-10,27H,2-6H2,1H3. The van der Waals surface area contributed by atoms with Gasteiger partial charge in [-0.3, -0.25) is 14.4 Å². The Morgan fingerprint density at radius 3 is 2.34 bits per heavy atom. The molecule has 1 aliphatic carbocycles. The van der Waals surface area contributed by atoms with Crippen molar-refractivity contribution in [1.29, 1.82) is 0 Å². The molecule has 1 aromatic carbocycles. The van der Waals surface area contributed by atoms with Crippen molar-refractivity contribution in [1.82, 2.24) is 9.55 Å². The Hall–Kier alpha value is -3.20. The minimum atomic E-state index is -0.835. The van der Waals surface area contributed by atoms with Crippen LogP contribution in [-0.2, 0) is 20.9 Å². The van der Waals surface area contributed by atoms with Crippen LogP contribution in [0.2, 0.25) is 0 Å². The minimum absolute atomic E-state index is 0.0111. The lowest BCUT2D eigenvalue weighted by atomic mass is 9.90. The molecular formula is C20H18F2N2O5. The summed E-state index contributed by atoms with van der Waals surface area (Å²) in [6.45, 7) is 0.0756. The topological polar surface area (TPSA) is 98.5 Å². The zero-order valence-corrected chi connectivity index (χ0v) is 15.6. The van der Waals surface area contributed by atoms with E-state index in [2.05, 4.69) is 4.98 Å². The lowest BCUT2D eigenvalue weighted by molar-refractivity contribution is -0.123. The van der Waals surface area contributed by atoms with Gasteiger partial charge in [0.2, 0.25) is 0 Å². The lowest BCUT2D eigenvalue weighted by Gasteiger charge is -2.16. The summed E-state index contributed by atoms with van der Waals surface area (Å²) in [6.07, 6.45) is 1.70. The second-order valence-electron chi connectivity index (χ2n) is 6.52. The van der Waals surface area contributed by atoms with E-state index in [1.165, 1.54) is 7.11 Å². The molecule has 1 fully saturated rings. The first-order chi connectivity index (χ1) is 13.8. The molecule has 0 aliphatic heterocycles. The third-order valence-electron chi connectivity index (χ3n) is 4.56. The molecule has 152 valence electrons. The summed E-state index contributed by atoms with van der Waals surface area (Å²) >= 11 is 0. The van der Waals surface area contributed by atoms with Gasteiger partial charge in [-0.15, -0.1) is 0 Å². The van der Waals surface area contributed by atoms with Gasteiger partial charge >= 0.3 is 0 Å². The number of hydrogen-bond acceptors (Lipinski definition) is 6. The second kappa shape index (κ2) is 8.44. The number of ether oxygens (including phenoxy) is 1. The molecular weight excluding hydrogens is 386 g/mol. The number of aliphatic hydroxyl groups excluding tert-OH is 1. The Morgan fingerprint density at radius 2 is 1.76 bits per heavy atom. The van der Waals surface area contributed by atoms with Crippen LogP contribution in [0.15, 0.2) is 34.8 Å². The molecule has 0 spiro atoms. The van der Waals surface area contributed by atoms with Crippen molar-refractivity contribution in [3.8, 4) is 11.3 Å². The van der Waals surface area contributed by atoms with Crippen LogP contribution in [-0.4, -0.2) is 39.9 Å². The fraction of sp³-hybridized carbons (Fsp3) is 0.300. The van der Waals surface area contributed by atoms with Crippen LogP contribution in [0.5, 0.6) is 0 Å². The van der Waals surface area contributed by atoms with Gasteiger partial charge in [0.15, 0.2) is 23.0 Å². The Balaban J connectivity index is 2.20. The largest absolute Gasteiger partial charge is 0.505 e. The summed E-state index contributed by atoms with van der Waals surface area (Å²) in [5.41, 5.74) is -1.59. The Bertz CT molecular complexity index is 1040. The average Bonchev–Trinajstić information content (AvgIpc) is 2.65. The van der Waals surface area contributed by atoms with Crippen LogP contribution in [0, 0.1) is 11.6 Å². The molecule has 3 rings (SSSR count). The number of Topliss-reactive ketones (excluding diaryl/α,β-unsaturated/α-hetero) is 2. The predicted molar refractivity (Wildman–Crippen MR) is 99.1 cm³/mol. The highest BCUT2D eigenvalue weighted by atomic mass is 19.1. The van der Waals surface area contributed by atoms with Crippen molar-refractivity contribution in [2.75, 3.05) is 13.7 Å². The fourth-order valence-corrected chi connectivity index (χ4v) is 3.18. The summed E-state index contributed by atoms with van der Waals surface area (Å²) in [6, 6.07) is 2.77. The Morgan fingerprint density at radius 1 is 1.14 bits per heavy atom. The van der Waals surface area contributed by atoms with Crippen molar-refractivity contribution in [3.63, 3.8) is 0 Å². The summed E-state index contributed by atoms with van der Waals surface area (Å²) < 4.78 is 33.4.